The molecule has 0 unspecified atom stereocenters. The molecule has 0 aliphatic rings. The highest BCUT2D eigenvalue weighted by molar-refractivity contribution is 7.09. The first kappa shape index (κ1) is 15.0. The first-order chi connectivity index (χ1) is 9.47. The molecule has 2 rings (SSSR count). The van der Waals surface area contributed by atoms with E-state index in [1.165, 1.54) is 11.8 Å². The van der Waals surface area contributed by atoms with Gasteiger partial charge < -0.3 is 4.74 Å². The van der Waals surface area contributed by atoms with Gasteiger partial charge in [0.2, 0.25) is 11.0 Å². The van der Waals surface area contributed by atoms with Gasteiger partial charge in [-0.3, -0.25) is 9.69 Å². The van der Waals surface area contributed by atoms with E-state index in [1.807, 2.05) is 0 Å². The third-order valence-corrected chi connectivity index (χ3v) is 3.83. The van der Waals surface area contributed by atoms with E-state index in [0.29, 0.717) is 26.8 Å². The molecule has 1 aromatic heterocycles. The molecule has 0 aliphatic carbocycles. The summed E-state index contributed by atoms with van der Waals surface area (Å²) in [5.41, 5.74) is 0. The van der Waals surface area contributed by atoms with Crippen LogP contribution in [0.15, 0.2) is 18.2 Å². The van der Waals surface area contributed by atoms with Gasteiger partial charge in [-0.1, -0.05) is 23.2 Å². The third-order valence-electron chi connectivity index (χ3n) is 2.47. The van der Waals surface area contributed by atoms with Gasteiger partial charge in [0.15, 0.2) is 5.82 Å². The van der Waals surface area contributed by atoms with Gasteiger partial charge in [-0.15, -0.1) is 0 Å². The number of hydrogen-bond acceptors (Lipinski definition) is 5. The van der Waals surface area contributed by atoms with Gasteiger partial charge in [0, 0.05) is 30.5 Å². The molecule has 5 nitrogen and oxygen atoms in total. The Morgan fingerprint density at radius 3 is 2.85 bits per heavy atom. The average Bonchev–Trinajstić information content (AvgIpc) is 2.85. The van der Waals surface area contributed by atoms with Crippen LogP contribution in [0, 0.1) is 0 Å². The van der Waals surface area contributed by atoms with Gasteiger partial charge >= 0.3 is 0 Å². The lowest BCUT2D eigenvalue weighted by Gasteiger charge is -2.08. The van der Waals surface area contributed by atoms with Crippen molar-refractivity contribution in [2.45, 2.75) is 13.5 Å². The summed E-state index contributed by atoms with van der Waals surface area (Å²) in [5.74, 6) is 0.894. The first-order valence-corrected chi connectivity index (χ1v) is 7.15. The lowest BCUT2D eigenvalue weighted by atomic mass is 10.3. The van der Waals surface area contributed by atoms with E-state index in [-0.39, 0.29) is 12.5 Å². The number of anilines is 1. The van der Waals surface area contributed by atoms with E-state index in [1.54, 1.807) is 25.2 Å². The van der Waals surface area contributed by atoms with Crippen molar-refractivity contribution in [1.29, 1.82) is 0 Å². The molecule has 0 radical (unpaired) electrons. The second kappa shape index (κ2) is 6.39. The molecule has 1 heterocycles. The average molecular weight is 332 g/mol. The summed E-state index contributed by atoms with van der Waals surface area (Å²) in [6.45, 7) is 1.63. The number of ether oxygens (including phenoxy) is 1. The summed E-state index contributed by atoms with van der Waals surface area (Å²) in [5, 5.41) is 1.49. The summed E-state index contributed by atoms with van der Waals surface area (Å²) in [6, 6.07) is 4.97. The Morgan fingerprint density at radius 1 is 1.45 bits per heavy atom. The SMILES string of the molecule is CC(=O)N(C)c1nc(COc2ccc(Cl)cc2Cl)ns1. The zero-order chi connectivity index (χ0) is 14.7. The van der Waals surface area contributed by atoms with Crippen LogP contribution in [0.3, 0.4) is 0 Å². The number of benzene rings is 1. The minimum atomic E-state index is -0.102. The van der Waals surface area contributed by atoms with Crippen LogP contribution in [0.25, 0.3) is 0 Å². The second-order valence-corrected chi connectivity index (χ2v) is 5.51. The minimum absolute atomic E-state index is 0.102. The summed E-state index contributed by atoms with van der Waals surface area (Å²) in [7, 11) is 1.64. The van der Waals surface area contributed by atoms with Crippen LogP contribution in [0.1, 0.15) is 12.7 Å². The molecule has 0 aliphatic heterocycles. The van der Waals surface area contributed by atoms with E-state index in [2.05, 4.69) is 9.36 Å². The van der Waals surface area contributed by atoms with Crippen molar-refractivity contribution < 1.29 is 9.53 Å². The Hall–Kier alpha value is -1.37. The first-order valence-electron chi connectivity index (χ1n) is 5.62. The smallest absolute Gasteiger partial charge is 0.225 e. The van der Waals surface area contributed by atoms with Gasteiger partial charge in [-0.2, -0.15) is 9.36 Å². The molecule has 0 saturated carbocycles. The zero-order valence-electron chi connectivity index (χ0n) is 10.8. The number of amides is 1. The van der Waals surface area contributed by atoms with Crippen molar-refractivity contribution in [3.63, 3.8) is 0 Å². The Labute approximate surface area is 130 Å². The highest BCUT2D eigenvalue weighted by atomic mass is 35.5. The Kier molecular flexibility index (Phi) is 4.80. The van der Waals surface area contributed by atoms with Crippen LogP contribution in [-0.4, -0.2) is 22.3 Å². The number of carbonyl (C=O) groups excluding carboxylic acids is 1. The summed E-state index contributed by atoms with van der Waals surface area (Å²) >= 11 is 12.9. The molecule has 0 N–H and O–H groups in total. The van der Waals surface area contributed by atoms with Crippen LogP contribution in [0.4, 0.5) is 5.13 Å². The molecule has 1 aromatic carbocycles. The largest absolute Gasteiger partial charge is 0.484 e. The quantitative estimate of drug-likeness (QED) is 0.861. The predicted molar refractivity (Wildman–Crippen MR) is 79.8 cm³/mol. The molecule has 0 fully saturated rings. The van der Waals surface area contributed by atoms with Crippen molar-refractivity contribution in [2.75, 3.05) is 11.9 Å². The molecule has 8 heteroatoms. The van der Waals surface area contributed by atoms with Gasteiger partial charge in [-0.05, 0) is 18.2 Å². The molecule has 0 saturated heterocycles. The Balaban J connectivity index is 2.02. The maximum Gasteiger partial charge on any atom is 0.225 e. The number of rotatable bonds is 4. The molecule has 20 heavy (non-hydrogen) atoms. The molecule has 106 valence electrons. The molecule has 1 amide bonds. The third kappa shape index (κ3) is 3.59. The highest BCUT2D eigenvalue weighted by Gasteiger charge is 2.12. The summed E-state index contributed by atoms with van der Waals surface area (Å²) < 4.78 is 9.64. The fourth-order valence-corrected chi connectivity index (χ4v) is 2.45. The number of nitrogens with zero attached hydrogens (tertiary/aromatic N) is 3. The fourth-order valence-electron chi connectivity index (χ4n) is 1.31. The van der Waals surface area contributed by atoms with Crippen molar-refractivity contribution in [3.8, 4) is 5.75 Å². The molecular weight excluding hydrogens is 321 g/mol. The van der Waals surface area contributed by atoms with E-state index >= 15 is 0 Å². The predicted octanol–water partition coefficient (Wildman–Crippen LogP) is 3.41. The fraction of sp³-hybridized carbons (Fsp3) is 0.250. The van der Waals surface area contributed by atoms with Crippen molar-refractivity contribution in [3.05, 3.63) is 34.1 Å². The number of carbonyl (C=O) groups is 1. The molecular formula is C12H11Cl2N3O2S. The van der Waals surface area contributed by atoms with E-state index in [4.69, 9.17) is 27.9 Å². The minimum Gasteiger partial charge on any atom is -0.484 e. The normalized spacial score (nSPS) is 10.4. The monoisotopic (exact) mass is 331 g/mol. The van der Waals surface area contributed by atoms with Crippen molar-refractivity contribution in [2.24, 2.45) is 0 Å². The van der Waals surface area contributed by atoms with Gasteiger partial charge in [0.25, 0.3) is 0 Å². The molecule has 0 bridgehead atoms. The standard InChI is InChI=1S/C12H11Cl2N3O2S/c1-7(18)17(2)12-15-11(16-20-12)6-19-10-4-3-8(13)5-9(10)14/h3-5H,6H2,1-2H3. The second-order valence-electron chi connectivity index (χ2n) is 3.93. The summed E-state index contributed by atoms with van der Waals surface area (Å²) in [6.07, 6.45) is 0. The Morgan fingerprint density at radius 2 is 2.20 bits per heavy atom. The highest BCUT2D eigenvalue weighted by Crippen LogP contribution is 2.28. The maximum absolute atomic E-state index is 11.2. The number of halogens is 2. The maximum atomic E-state index is 11.2. The summed E-state index contributed by atoms with van der Waals surface area (Å²) in [4.78, 5) is 16.9. The Bertz CT molecular complexity index is 633. The molecule has 0 spiro atoms. The van der Waals surface area contributed by atoms with Crippen LogP contribution >= 0.6 is 34.7 Å². The zero-order valence-corrected chi connectivity index (χ0v) is 13.1. The van der Waals surface area contributed by atoms with E-state index in [9.17, 15) is 4.79 Å². The van der Waals surface area contributed by atoms with Crippen molar-refractivity contribution in [1.82, 2.24) is 9.36 Å². The van der Waals surface area contributed by atoms with Crippen LogP contribution < -0.4 is 9.64 Å². The van der Waals surface area contributed by atoms with Gasteiger partial charge in [0.1, 0.15) is 12.4 Å². The molecule has 0 atom stereocenters. The number of aromatic nitrogens is 2. The lowest BCUT2D eigenvalue weighted by Crippen LogP contribution is -2.22. The van der Waals surface area contributed by atoms with Gasteiger partial charge in [-0.25, -0.2) is 0 Å². The van der Waals surface area contributed by atoms with Crippen LogP contribution in [0.2, 0.25) is 10.0 Å². The van der Waals surface area contributed by atoms with E-state index < -0.39 is 0 Å². The van der Waals surface area contributed by atoms with Crippen LogP contribution in [0.5, 0.6) is 5.75 Å². The van der Waals surface area contributed by atoms with E-state index in [0.717, 1.165) is 11.5 Å². The van der Waals surface area contributed by atoms with Crippen LogP contribution in [-0.2, 0) is 11.4 Å². The molecule has 2 aromatic rings. The van der Waals surface area contributed by atoms with Crippen molar-refractivity contribution >= 4 is 45.8 Å². The van der Waals surface area contributed by atoms with Gasteiger partial charge in [0.05, 0.1) is 5.02 Å². The topological polar surface area (TPSA) is 55.3 Å². The lowest BCUT2D eigenvalue weighted by molar-refractivity contribution is -0.116. The number of hydrogen-bond donors (Lipinski definition) is 0.